The monoisotopic (exact) mass is 1040 g/mol. The Morgan fingerprint density at radius 3 is 0.588 bits per heavy atom. The molecule has 14 aromatic rings. The fourth-order valence-electron chi connectivity index (χ4n) is 9.08. The maximum absolute atomic E-state index is 2.20. The topological polar surface area (TPSA) is 0 Å². The molecule has 0 aliphatic rings. The van der Waals surface area contributed by atoms with Crippen molar-refractivity contribution in [3.63, 3.8) is 0 Å². The molecule has 0 amide bonds. The van der Waals surface area contributed by atoms with Crippen LogP contribution in [0, 0.1) is 55.4 Å². The molecule has 0 aliphatic heterocycles. The van der Waals surface area contributed by atoms with E-state index in [9.17, 15) is 0 Å². The second-order valence-corrected chi connectivity index (χ2v) is 20.3. The smallest absolute Gasteiger partial charge is 0.0155 e. The van der Waals surface area contributed by atoms with Gasteiger partial charge in [0.05, 0.1) is 0 Å². The minimum Gasteiger partial charge on any atom is -0.0622 e. The van der Waals surface area contributed by atoms with E-state index >= 15 is 0 Å². The highest BCUT2D eigenvalue weighted by Gasteiger charge is 1.95. The van der Waals surface area contributed by atoms with Crippen molar-refractivity contribution in [3.8, 4) is 0 Å². The lowest BCUT2D eigenvalue weighted by Gasteiger charge is -1.98. The van der Waals surface area contributed by atoms with Gasteiger partial charge in [0.1, 0.15) is 0 Å². The van der Waals surface area contributed by atoms with Crippen LogP contribution in [0.15, 0.2) is 315 Å². The second kappa shape index (κ2) is 31.1. The normalized spacial score (nSPS) is 10.0. The first kappa shape index (κ1) is 58.3. The van der Waals surface area contributed by atoms with E-state index in [4.69, 9.17) is 0 Å². The average Bonchev–Trinajstić information content (AvgIpc) is 3.49. The standard InChI is InChI=1S/6C11H10.2C7H8/c2*1-9-5-4-7-10-6-2-3-8-11(9)10;4*1-9-6-7-10-4-2-3-5-11(10)8-9;2*1-7-5-3-2-4-6-7/h6*2-8H,1H3;2*2-6H,1H3. The Hall–Kier alpha value is -9.36. The van der Waals surface area contributed by atoms with Gasteiger partial charge in [0.15, 0.2) is 0 Å². The highest BCUT2D eigenvalue weighted by atomic mass is 14.0. The van der Waals surface area contributed by atoms with Gasteiger partial charge in [0.25, 0.3) is 0 Å². The third-order valence-electron chi connectivity index (χ3n) is 13.5. The summed E-state index contributed by atoms with van der Waals surface area (Å²) in [5.74, 6) is 0. The zero-order chi connectivity index (χ0) is 56.3. The van der Waals surface area contributed by atoms with E-state index < -0.39 is 0 Å². The van der Waals surface area contributed by atoms with Crippen molar-refractivity contribution >= 4 is 64.6 Å². The van der Waals surface area contributed by atoms with E-state index in [1.165, 1.54) is 109 Å². The van der Waals surface area contributed by atoms with E-state index in [1.54, 1.807) is 0 Å². The quantitative estimate of drug-likeness (QED) is 0.142. The van der Waals surface area contributed by atoms with Crippen LogP contribution in [-0.2, 0) is 0 Å². The third-order valence-corrected chi connectivity index (χ3v) is 13.5. The van der Waals surface area contributed by atoms with Crippen molar-refractivity contribution in [1.29, 1.82) is 0 Å². The predicted molar refractivity (Wildman–Crippen MR) is 354 cm³/mol. The SMILES string of the molecule is Cc1ccc2ccccc2c1.Cc1ccc2ccccc2c1.Cc1ccc2ccccc2c1.Cc1ccc2ccccc2c1.Cc1cccc2ccccc12.Cc1cccc2ccccc12.Cc1ccccc1.Cc1ccccc1. The summed E-state index contributed by atoms with van der Waals surface area (Å²) in [6.07, 6.45) is 0. The van der Waals surface area contributed by atoms with Crippen LogP contribution in [0.3, 0.4) is 0 Å². The molecule has 0 saturated heterocycles. The van der Waals surface area contributed by atoms with Crippen LogP contribution < -0.4 is 0 Å². The summed E-state index contributed by atoms with van der Waals surface area (Å²) in [4.78, 5) is 0. The number of hydrogen-bond acceptors (Lipinski definition) is 0. The van der Waals surface area contributed by atoms with Crippen molar-refractivity contribution < 1.29 is 0 Å². The summed E-state index contributed by atoms with van der Waals surface area (Å²) in [6, 6.07) is 110. The van der Waals surface area contributed by atoms with Gasteiger partial charge in [-0.15, -0.1) is 0 Å². The molecule has 0 aromatic heterocycles. The summed E-state index contributed by atoms with van der Waals surface area (Å²) >= 11 is 0. The van der Waals surface area contributed by atoms with Crippen LogP contribution in [0.5, 0.6) is 0 Å². The Morgan fingerprint density at radius 1 is 0.138 bits per heavy atom. The van der Waals surface area contributed by atoms with Crippen LogP contribution in [0.4, 0.5) is 0 Å². The molecule has 0 unspecified atom stereocenters. The molecule has 0 bridgehead atoms. The van der Waals surface area contributed by atoms with Crippen molar-refractivity contribution in [1.82, 2.24) is 0 Å². The van der Waals surface area contributed by atoms with Crippen molar-refractivity contribution in [2.75, 3.05) is 0 Å². The van der Waals surface area contributed by atoms with E-state index in [-0.39, 0.29) is 0 Å². The molecule has 0 nitrogen and oxygen atoms in total. The lowest BCUT2D eigenvalue weighted by atomic mass is 10.1. The number of benzene rings is 14. The van der Waals surface area contributed by atoms with Gasteiger partial charge in [-0.25, -0.2) is 0 Å². The van der Waals surface area contributed by atoms with Crippen molar-refractivity contribution in [3.05, 3.63) is 360 Å². The first-order valence-electron chi connectivity index (χ1n) is 27.7. The average molecular weight is 1040 g/mol. The van der Waals surface area contributed by atoms with E-state index in [1.807, 2.05) is 36.4 Å². The molecule has 14 rings (SSSR count). The van der Waals surface area contributed by atoms with Gasteiger partial charge < -0.3 is 0 Å². The summed E-state index contributed by atoms with van der Waals surface area (Å²) < 4.78 is 0. The number of fused-ring (bicyclic) bond motifs is 6. The van der Waals surface area contributed by atoms with Crippen LogP contribution in [0.2, 0.25) is 0 Å². The molecule has 0 saturated carbocycles. The molecule has 14 aromatic carbocycles. The van der Waals surface area contributed by atoms with Crippen molar-refractivity contribution in [2.24, 2.45) is 0 Å². The zero-order valence-electron chi connectivity index (χ0n) is 48.0. The molecule has 0 aliphatic carbocycles. The van der Waals surface area contributed by atoms with Gasteiger partial charge in [-0.2, -0.15) is 0 Å². The van der Waals surface area contributed by atoms with Gasteiger partial charge in [-0.1, -0.05) is 349 Å². The number of hydrogen-bond donors (Lipinski definition) is 0. The predicted octanol–water partition coefficient (Wildman–Crippen LogP) is 22.9. The van der Waals surface area contributed by atoms with E-state index in [2.05, 4.69) is 334 Å². The van der Waals surface area contributed by atoms with E-state index in [0.29, 0.717) is 0 Å². The van der Waals surface area contributed by atoms with Gasteiger partial charge >= 0.3 is 0 Å². The fraction of sp³-hybridized carbons (Fsp3) is 0.100. The molecule has 80 heavy (non-hydrogen) atoms. The lowest BCUT2D eigenvalue weighted by molar-refractivity contribution is 1.48. The third kappa shape index (κ3) is 19.0. The number of aryl methyl sites for hydroxylation is 8. The maximum Gasteiger partial charge on any atom is -0.0155 e. The van der Waals surface area contributed by atoms with Crippen LogP contribution in [0.25, 0.3) is 64.6 Å². The molecule has 0 spiro atoms. The molecular formula is C80H76. The molecule has 0 radical (unpaired) electrons. The second-order valence-electron chi connectivity index (χ2n) is 20.3. The molecule has 0 heteroatoms. The van der Waals surface area contributed by atoms with E-state index in [0.717, 1.165) is 0 Å². The Balaban J connectivity index is 0.000000133. The minimum absolute atomic E-state index is 1.32. The Bertz CT molecular complexity index is 3640. The van der Waals surface area contributed by atoms with Crippen LogP contribution in [0.1, 0.15) is 44.5 Å². The van der Waals surface area contributed by atoms with Crippen LogP contribution in [-0.4, -0.2) is 0 Å². The van der Waals surface area contributed by atoms with Gasteiger partial charge in [-0.3, -0.25) is 0 Å². The first-order valence-corrected chi connectivity index (χ1v) is 27.7. The first-order chi connectivity index (χ1) is 39.0. The summed E-state index contributed by atoms with van der Waals surface area (Å²) in [5, 5.41) is 15.9. The largest absolute Gasteiger partial charge is 0.0622 e. The summed E-state index contributed by atoms with van der Waals surface area (Å²) in [7, 11) is 0. The zero-order valence-corrected chi connectivity index (χ0v) is 48.0. The molecule has 0 heterocycles. The molecular weight excluding hydrogens is 961 g/mol. The number of rotatable bonds is 0. The highest BCUT2D eigenvalue weighted by Crippen LogP contribution is 2.20. The molecule has 0 N–H and O–H groups in total. The maximum atomic E-state index is 2.20. The van der Waals surface area contributed by atoms with Crippen molar-refractivity contribution in [2.45, 2.75) is 55.4 Å². The molecule has 396 valence electrons. The Kier molecular flexibility index (Phi) is 22.7. The fourth-order valence-corrected chi connectivity index (χ4v) is 9.08. The molecule has 0 fully saturated rings. The lowest BCUT2D eigenvalue weighted by Crippen LogP contribution is -1.75. The Morgan fingerprint density at radius 2 is 0.350 bits per heavy atom. The molecule has 0 atom stereocenters. The summed E-state index contributed by atoms with van der Waals surface area (Å²) in [6.45, 7) is 16.9. The highest BCUT2D eigenvalue weighted by molar-refractivity contribution is 5.87. The van der Waals surface area contributed by atoms with Crippen LogP contribution >= 0.6 is 0 Å². The van der Waals surface area contributed by atoms with Gasteiger partial charge in [0, 0.05) is 0 Å². The summed E-state index contributed by atoms with van der Waals surface area (Å²) in [5.41, 5.74) is 10.6. The van der Waals surface area contributed by atoms with Gasteiger partial charge in [0.2, 0.25) is 0 Å². The Labute approximate surface area is 477 Å². The van der Waals surface area contributed by atoms with Gasteiger partial charge in [-0.05, 0) is 131 Å². The minimum atomic E-state index is 1.32.